The Labute approximate surface area is 135 Å². The maximum absolute atomic E-state index is 6.00. The summed E-state index contributed by atoms with van der Waals surface area (Å²) in [6.07, 6.45) is 4.98. The van der Waals surface area contributed by atoms with Gasteiger partial charge in [0.2, 0.25) is 0 Å². The van der Waals surface area contributed by atoms with Crippen molar-refractivity contribution in [1.29, 1.82) is 0 Å². The molecule has 0 radical (unpaired) electrons. The molecule has 0 fully saturated rings. The van der Waals surface area contributed by atoms with E-state index in [1.807, 2.05) is 6.08 Å². The first-order valence-corrected chi connectivity index (χ1v) is 11.3. The molecule has 118 valence electrons. The Morgan fingerprint density at radius 3 is 2.40 bits per heavy atom. The lowest BCUT2D eigenvalue weighted by Gasteiger charge is -2.26. The molecule has 0 spiro atoms. The molecule has 0 rings (SSSR count). The van der Waals surface area contributed by atoms with Gasteiger partial charge in [0.05, 0.1) is 0 Å². The quantitative estimate of drug-likeness (QED) is 0.251. The van der Waals surface area contributed by atoms with E-state index in [1.54, 1.807) is 11.8 Å². The van der Waals surface area contributed by atoms with Gasteiger partial charge in [-0.1, -0.05) is 43.9 Å². The van der Waals surface area contributed by atoms with Crippen molar-refractivity contribution in [2.45, 2.75) is 45.7 Å². The highest BCUT2D eigenvalue weighted by molar-refractivity contribution is 8.22. The zero-order valence-corrected chi connectivity index (χ0v) is 15.7. The highest BCUT2D eigenvalue weighted by Gasteiger charge is 2.30. The first kappa shape index (κ1) is 20.1. The van der Waals surface area contributed by atoms with Gasteiger partial charge in [0.15, 0.2) is 0 Å². The van der Waals surface area contributed by atoms with Crippen LogP contribution in [0.2, 0.25) is 12.6 Å². The van der Waals surface area contributed by atoms with Crippen LogP contribution in [0.25, 0.3) is 0 Å². The van der Waals surface area contributed by atoms with Crippen LogP contribution in [0.1, 0.15) is 33.1 Å². The molecule has 0 aliphatic carbocycles. The number of thiocarbonyl (C=S) groups is 1. The van der Waals surface area contributed by atoms with Crippen molar-refractivity contribution in [3.05, 3.63) is 12.7 Å². The normalized spacial score (nSPS) is 11.3. The van der Waals surface area contributed by atoms with Crippen molar-refractivity contribution in [3.63, 3.8) is 0 Å². The third-order valence-electron chi connectivity index (χ3n) is 2.62. The summed E-state index contributed by atoms with van der Waals surface area (Å²) in [4.78, 5) is 0. The number of hydrogen-bond acceptors (Lipinski definition) is 4. The van der Waals surface area contributed by atoms with Crippen molar-refractivity contribution >= 4 is 36.9 Å². The maximum Gasteiger partial charge on any atom is 0.334 e. The first-order chi connectivity index (χ1) is 9.58. The van der Waals surface area contributed by atoms with Crippen LogP contribution >= 0.6 is 24.0 Å². The molecule has 0 aliphatic heterocycles. The van der Waals surface area contributed by atoms with Gasteiger partial charge < -0.3 is 14.2 Å². The summed E-state index contributed by atoms with van der Waals surface area (Å²) in [7, 11) is -1.98. The number of rotatable bonds is 12. The SMILES string of the molecule is C=CCNC(=S)SCCC[Si](C)(OCCC)OCCC. The summed E-state index contributed by atoms with van der Waals surface area (Å²) >= 11 is 6.91. The second kappa shape index (κ2) is 12.8. The Hall–Kier alpha value is 0.117. The van der Waals surface area contributed by atoms with Gasteiger partial charge in [-0.2, -0.15) is 0 Å². The molecule has 20 heavy (non-hydrogen) atoms. The molecule has 0 aliphatic rings. The average Bonchev–Trinajstić information content (AvgIpc) is 2.45. The summed E-state index contributed by atoms with van der Waals surface area (Å²) in [6, 6.07) is 1.03. The van der Waals surface area contributed by atoms with E-state index in [0.29, 0.717) is 0 Å². The largest absolute Gasteiger partial charge is 0.394 e. The van der Waals surface area contributed by atoms with Gasteiger partial charge in [0.25, 0.3) is 0 Å². The zero-order chi connectivity index (χ0) is 15.3. The van der Waals surface area contributed by atoms with Gasteiger partial charge in [0, 0.05) is 25.5 Å². The number of thioether (sulfide) groups is 1. The van der Waals surface area contributed by atoms with E-state index in [9.17, 15) is 0 Å². The van der Waals surface area contributed by atoms with Gasteiger partial charge in [-0.15, -0.1) is 6.58 Å². The fourth-order valence-corrected chi connectivity index (χ4v) is 5.30. The summed E-state index contributed by atoms with van der Waals surface area (Å²) in [5, 5.41) is 3.12. The van der Waals surface area contributed by atoms with E-state index in [1.165, 1.54) is 0 Å². The van der Waals surface area contributed by atoms with Gasteiger partial charge in [0.1, 0.15) is 4.32 Å². The van der Waals surface area contributed by atoms with Crippen molar-refractivity contribution in [2.24, 2.45) is 0 Å². The molecule has 0 aromatic carbocycles. The van der Waals surface area contributed by atoms with Crippen LogP contribution in [-0.2, 0) is 8.85 Å². The van der Waals surface area contributed by atoms with Crippen LogP contribution in [0.4, 0.5) is 0 Å². The van der Waals surface area contributed by atoms with E-state index in [2.05, 4.69) is 32.3 Å². The van der Waals surface area contributed by atoms with Crippen LogP contribution < -0.4 is 5.32 Å². The van der Waals surface area contributed by atoms with Gasteiger partial charge in [-0.3, -0.25) is 0 Å². The Balaban J connectivity index is 3.93. The molecule has 0 saturated carbocycles. The minimum absolute atomic E-state index is 0.734. The second-order valence-electron chi connectivity index (χ2n) is 4.74. The average molecular weight is 336 g/mol. The highest BCUT2D eigenvalue weighted by Crippen LogP contribution is 2.19. The van der Waals surface area contributed by atoms with Crippen molar-refractivity contribution in [3.8, 4) is 0 Å². The third-order valence-corrected chi connectivity index (χ3v) is 6.91. The van der Waals surface area contributed by atoms with Crippen LogP contribution in [0, 0.1) is 0 Å². The highest BCUT2D eigenvalue weighted by atomic mass is 32.2. The van der Waals surface area contributed by atoms with Crippen molar-refractivity contribution in [1.82, 2.24) is 5.32 Å². The van der Waals surface area contributed by atoms with E-state index in [0.717, 1.165) is 55.1 Å². The maximum atomic E-state index is 6.00. The van der Waals surface area contributed by atoms with Crippen LogP contribution in [0.3, 0.4) is 0 Å². The van der Waals surface area contributed by atoms with Gasteiger partial charge in [-0.25, -0.2) is 0 Å². The molecule has 1 N–H and O–H groups in total. The molecule has 0 amide bonds. The minimum atomic E-state index is -1.98. The molecule has 0 atom stereocenters. The molecule has 0 unspecified atom stereocenters. The predicted molar refractivity (Wildman–Crippen MR) is 96.8 cm³/mol. The number of hydrogen-bond donors (Lipinski definition) is 1. The molecule has 0 heterocycles. The predicted octanol–water partition coefficient (Wildman–Crippen LogP) is 4.10. The molecule has 0 aromatic rings. The molecular formula is C14H29NO2S2Si. The lowest BCUT2D eigenvalue weighted by molar-refractivity contribution is 0.173. The fourth-order valence-electron chi connectivity index (χ4n) is 1.59. The first-order valence-electron chi connectivity index (χ1n) is 7.37. The third kappa shape index (κ3) is 10.9. The van der Waals surface area contributed by atoms with Crippen LogP contribution in [0.5, 0.6) is 0 Å². The van der Waals surface area contributed by atoms with Gasteiger partial charge in [-0.05, 0) is 31.9 Å². The summed E-state index contributed by atoms with van der Waals surface area (Å²) < 4.78 is 12.8. The molecule has 0 aromatic heterocycles. The minimum Gasteiger partial charge on any atom is -0.394 e. The van der Waals surface area contributed by atoms with Gasteiger partial charge >= 0.3 is 8.56 Å². The Kier molecular flexibility index (Phi) is 12.9. The zero-order valence-electron chi connectivity index (χ0n) is 13.1. The second-order valence-corrected chi connectivity index (χ2v) is 9.86. The molecule has 6 heteroatoms. The monoisotopic (exact) mass is 335 g/mol. The van der Waals surface area contributed by atoms with Crippen LogP contribution in [0.15, 0.2) is 12.7 Å². The lowest BCUT2D eigenvalue weighted by atomic mass is 10.5. The van der Waals surface area contributed by atoms with E-state index in [-0.39, 0.29) is 0 Å². The van der Waals surface area contributed by atoms with Crippen LogP contribution in [-0.4, -0.2) is 38.4 Å². The standard InChI is InChI=1S/C14H29NO2S2Si/c1-5-9-15-14(18)19-12-8-13-20(4,16-10-6-2)17-11-7-3/h5H,1,6-13H2,2-4H3,(H,15,18). The smallest absolute Gasteiger partial charge is 0.334 e. The summed E-state index contributed by atoms with van der Waals surface area (Å²) in [6.45, 7) is 12.4. The molecule has 3 nitrogen and oxygen atoms in total. The Bertz CT molecular complexity index is 270. The summed E-state index contributed by atoms with van der Waals surface area (Å²) in [5.41, 5.74) is 0. The number of nitrogens with one attached hydrogen (secondary N) is 1. The Morgan fingerprint density at radius 1 is 1.30 bits per heavy atom. The molecular weight excluding hydrogens is 306 g/mol. The van der Waals surface area contributed by atoms with E-state index < -0.39 is 8.56 Å². The molecule has 0 saturated heterocycles. The van der Waals surface area contributed by atoms with E-state index in [4.69, 9.17) is 21.1 Å². The van der Waals surface area contributed by atoms with E-state index >= 15 is 0 Å². The molecule has 0 bridgehead atoms. The fraction of sp³-hybridized carbons (Fsp3) is 0.786. The van der Waals surface area contributed by atoms with Crippen molar-refractivity contribution in [2.75, 3.05) is 25.5 Å². The Morgan fingerprint density at radius 2 is 1.90 bits per heavy atom. The van der Waals surface area contributed by atoms with Crippen molar-refractivity contribution < 1.29 is 8.85 Å². The topological polar surface area (TPSA) is 30.5 Å². The lowest BCUT2D eigenvalue weighted by Crippen LogP contribution is -2.39. The summed E-state index contributed by atoms with van der Waals surface area (Å²) in [5.74, 6) is 1.01.